The Hall–Kier alpha value is -2.82. The highest BCUT2D eigenvalue weighted by Gasteiger charge is 2.24. The van der Waals surface area contributed by atoms with Crippen LogP contribution in [0.4, 0.5) is 0 Å². The Morgan fingerprint density at radius 1 is 1.22 bits per heavy atom. The second-order valence-electron chi connectivity index (χ2n) is 5.34. The summed E-state index contributed by atoms with van der Waals surface area (Å²) in [6.07, 6.45) is 1.01. The van der Waals surface area contributed by atoms with Crippen molar-refractivity contribution in [2.75, 3.05) is 6.61 Å². The first-order chi connectivity index (χ1) is 12.9. The average Bonchev–Trinajstić information content (AvgIpc) is 2.66. The molecular formula is C19H17ClN2O4S. The van der Waals surface area contributed by atoms with Gasteiger partial charge in [-0.3, -0.25) is 0 Å². The SMILES string of the molecule is CCOC(=O)[C@H](N/C=C(\C#N)S(=O)(=O)c1ccc(Cl)cc1)c1ccccc1. The summed E-state index contributed by atoms with van der Waals surface area (Å²) in [4.78, 5) is 11.6. The molecule has 0 bridgehead atoms. The molecule has 0 radical (unpaired) electrons. The number of sulfone groups is 1. The van der Waals surface area contributed by atoms with E-state index >= 15 is 0 Å². The van der Waals surface area contributed by atoms with Crippen molar-refractivity contribution < 1.29 is 17.9 Å². The van der Waals surface area contributed by atoms with Gasteiger partial charge >= 0.3 is 5.97 Å². The Labute approximate surface area is 162 Å². The molecule has 0 saturated carbocycles. The van der Waals surface area contributed by atoms with E-state index < -0.39 is 26.8 Å². The average molecular weight is 405 g/mol. The number of halogens is 1. The monoisotopic (exact) mass is 404 g/mol. The van der Waals surface area contributed by atoms with Crippen LogP contribution in [0.2, 0.25) is 5.02 Å². The van der Waals surface area contributed by atoms with Crippen molar-refractivity contribution in [2.45, 2.75) is 17.9 Å². The lowest BCUT2D eigenvalue weighted by molar-refractivity contribution is -0.145. The summed E-state index contributed by atoms with van der Waals surface area (Å²) >= 11 is 5.77. The van der Waals surface area contributed by atoms with Gasteiger partial charge in [-0.15, -0.1) is 0 Å². The molecule has 0 aliphatic carbocycles. The minimum atomic E-state index is -4.06. The first-order valence-electron chi connectivity index (χ1n) is 7.98. The van der Waals surface area contributed by atoms with Crippen molar-refractivity contribution in [3.8, 4) is 6.07 Å². The first-order valence-corrected chi connectivity index (χ1v) is 9.84. The molecule has 0 fully saturated rings. The normalized spacial score (nSPS) is 12.7. The fourth-order valence-electron chi connectivity index (χ4n) is 2.24. The number of carbonyl (C=O) groups is 1. The molecule has 6 nitrogen and oxygen atoms in total. The number of allylic oxidation sites excluding steroid dienone is 1. The van der Waals surface area contributed by atoms with Gasteiger partial charge in [-0.25, -0.2) is 13.2 Å². The lowest BCUT2D eigenvalue weighted by atomic mass is 10.1. The van der Waals surface area contributed by atoms with Crippen LogP contribution in [-0.4, -0.2) is 21.0 Å². The van der Waals surface area contributed by atoms with Crippen molar-refractivity contribution in [2.24, 2.45) is 0 Å². The van der Waals surface area contributed by atoms with Crippen LogP contribution in [-0.2, 0) is 19.4 Å². The fourth-order valence-corrected chi connectivity index (χ4v) is 3.46. The van der Waals surface area contributed by atoms with Crippen molar-refractivity contribution in [3.05, 3.63) is 76.3 Å². The lowest BCUT2D eigenvalue weighted by Crippen LogP contribution is -2.27. The van der Waals surface area contributed by atoms with Gasteiger partial charge in [-0.05, 0) is 36.8 Å². The maximum atomic E-state index is 12.6. The molecule has 0 unspecified atom stereocenters. The highest BCUT2D eigenvalue weighted by molar-refractivity contribution is 7.95. The van der Waals surface area contributed by atoms with Gasteiger partial charge in [-0.1, -0.05) is 41.9 Å². The third-order valence-electron chi connectivity index (χ3n) is 3.56. The van der Waals surface area contributed by atoms with Crippen molar-refractivity contribution >= 4 is 27.4 Å². The highest BCUT2D eigenvalue weighted by Crippen LogP contribution is 2.21. The number of esters is 1. The molecule has 1 N–H and O–H groups in total. The van der Waals surface area contributed by atoms with Gasteiger partial charge in [-0.2, -0.15) is 5.26 Å². The number of hydrogen-bond donors (Lipinski definition) is 1. The quantitative estimate of drug-likeness (QED) is 0.561. The zero-order valence-electron chi connectivity index (χ0n) is 14.4. The predicted octanol–water partition coefficient (Wildman–Crippen LogP) is 3.37. The van der Waals surface area contributed by atoms with Crippen LogP contribution in [0.25, 0.3) is 0 Å². The third kappa shape index (κ3) is 5.09. The molecule has 0 aliphatic heterocycles. The van der Waals surface area contributed by atoms with Crippen LogP contribution in [0.1, 0.15) is 18.5 Å². The van der Waals surface area contributed by atoms with E-state index in [2.05, 4.69) is 5.32 Å². The molecule has 27 heavy (non-hydrogen) atoms. The van der Waals surface area contributed by atoms with E-state index in [4.69, 9.17) is 16.3 Å². The fraction of sp³-hybridized carbons (Fsp3) is 0.158. The highest BCUT2D eigenvalue weighted by atomic mass is 35.5. The summed E-state index contributed by atoms with van der Waals surface area (Å²) in [7, 11) is -4.06. The maximum absolute atomic E-state index is 12.6. The first kappa shape index (κ1) is 20.5. The molecule has 8 heteroatoms. The second-order valence-corrected chi connectivity index (χ2v) is 7.69. The number of nitriles is 1. The molecule has 1 atom stereocenters. The van der Waals surface area contributed by atoms with E-state index in [-0.39, 0.29) is 11.5 Å². The largest absolute Gasteiger partial charge is 0.464 e. The van der Waals surface area contributed by atoms with Crippen LogP contribution in [0, 0.1) is 11.3 Å². The van der Waals surface area contributed by atoms with Crippen molar-refractivity contribution in [1.29, 1.82) is 5.26 Å². The second kappa shape index (κ2) is 9.21. The van der Waals surface area contributed by atoms with Crippen molar-refractivity contribution in [3.63, 3.8) is 0 Å². The number of rotatable bonds is 7. The molecule has 0 aromatic heterocycles. The molecule has 140 valence electrons. The topological polar surface area (TPSA) is 96.3 Å². The number of nitrogens with one attached hydrogen (secondary N) is 1. The van der Waals surface area contributed by atoms with Gasteiger partial charge < -0.3 is 10.1 Å². The van der Waals surface area contributed by atoms with Crippen LogP contribution in [0.3, 0.4) is 0 Å². The Kier molecular flexibility index (Phi) is 6.99. The minimum absolute atomic E-state index is 0.0751. The summed E-state index contributed by atoms with van der Waals surface area (Å²) in [6.45, 7) is 1.84. The smallest absolute Gasteiger partial charge is 0.333 e. The zero-order valence-corrected chi connectivity index (χ0v) is 16.0. The number of hydrogen-bond acceptors (Lipinski definition) is 6. The molecule has 0 aliphatic rings. The van der Waals surface area contributed by atoms with Gasteiger partial charge in [0.05, 0.1) is 11.5 Å². The zero-order chi connectivity index (χ0) is 19.9. The molecule has 0 saturated heterocycles. The molecule has 0 spiro atoms. The van der Waals surface area contributed by atoms with E-state index in [1.807, 2.05) is 0 Å². The van der Waals surface area contributed by atoms with Gasteiger partial charge in [0.1, 0.15) is 12.1 Å². The standard InChI is InChI=1S/C19H17ClN2O4S/c1-2-26-19(23)18(14-6-4-3-5-7-14)22-13-17(12-21)27(24,25)16-10-8-15(20)9-11-16/h3-11,13,18,22H,2H2,1H3/b17-13+/t18-/m1/s1. The molecule has 0 heterocycles. The number of ether oxygens (including phenoxy) is 1. The number of carbonyl (C=O) groups excluding carboxylic acids is 1. The molecule has 0 amide bonds. The van der Waals surface area contributed by atoms with Crippen LogP contribution in [0.5, 0.6) is 0 Å². The Bertz CT molecular complexity index is 965. The Balaban J connectivity index is 2.36. The summed E-state index contributed by atoms with van der Waals surface area (Å²) in [5.74, 6) is -0.582. The minimum Gasteiger partial charge on any atom is -0.464 e. The van der Waals surface area contributed by atoms with Gasteiger partial charge in [0.15, 0.2) is 4.91 Å². The summed E-state index contributed by atoms with van der Waals surface area (Å²) in [5, 5.41) is 12.4. The Morgan fingerprint density at radius 2 is 1.85 bits per heavy atom. The van der Waals surface area contributed by atoms with E-state index in [1.54, 1.807) is 43.3 Å². The van der Waals surface area contributed by atoms with Crippen LogP contribution >= 0.6 is 11.6 Å². The van der Waals surface area contributed by atoms with Gasteiger partial charge in [0.2, 0.25) is 9.84 Å². The molecule has 2 rings (SSSR count). The van der Waals surface area contributed by atoms with E-state index in [9.17, 15) is 18.5 Å². The van der Waals surface area contributed by atoms with Gasteiger partial charge in [0.25, 0.3) is 0 Å². The van der Waals surface area contributed by atoms with E-state index in [1.165, 1.54) is 24.3 Å². The van der Waals surface area contributed by atoms with Gasteiger partial charge in [0, 0.05) is 11.2 Å². The lowest BCUT2D eigenvalue weighted by Gasteiger charge is -2.16. The molecule has 2 aromatic carbocycles. The van der Waals surface area contributed by atoms with Crippen LogP contribution < -0.4 is 5.32 Å². The summed E-state index contributed by atoms with van der Waals surface area (Å²) in [5.41, 5.74) is 0.577. The number of nitrogens with zero attached hydrogens (tertiary/aromatic N) is 1. The predicted molar refractivity (Wildman–Crippen MR) is 101 cm³/mol. The summed E-state index contributed by atoms with van der Waals surface area (Å²) < 4.78 is 30.3. The number of benzene rings is 2. The van der Waals surface area contributed by atoms with E-state index in [0.29, 0.717) is 10.6 Å². The Morgan fingerprint density at radius 3 is 2.41 bits per heavy atom. The summed E-state index contributed by atoms with van der Waals surface area (Å²) in [6, 6.07) is 14.8. The van der Waals surface area contributed by atoms with E-state index in [0.717, 1.165) is 6.20 Å². The van der Waals surface area contributed by atoms with Crippen molar-refractivity contribution in [1.82, 2.24) is 5.32 Å². The molecular weight excluding hydrogens is 388 g/mol. The molecule has 2 aromatic rings. The van der Waals surface area contributed by atoms with Crippen LogP contribution in [0.15, 0.2) is 70.6 Å². The third-order valence-corrected chi connectivity index (χ3v) is 5.49. The maximum Gasteiger partial charge on any atom is 0.333 e.